The number of phenolic OH excluding ortho intramolecular Hbond substituents is 1. The summed E-state index contributed by atoms with van der Waals surface area (Å²) >= 11 is 0. The van der Waals surface area contributed by atoms with Crippen LogP contribution in [0.25, 0.3) is 0 Å². The Balaban J connectivity index is 2.84. The largest absolute Gasteiger partial charge is 0.508 e. The first-order valence-corrected chi connectivity index (χ1v) is 5.47. The number of benzene rings is 1. The average Bonchev–Trinajstić information content (AvgIpc) is 2.31. The highest BCUT2D eigenvalue weighted by Gasteiger charge is 2.12. The molecule has 5 heteroatoms. The van der Waals surface area contributed by atoms with Crippen molar-refractivity contribution in [1.29, 1.82) is 0 Å². The molecule has 0 unspecified atom stereocenters. The number of methoxy groups -OCH3 is 1. The molecule has 0 aromatic heterocycles. The van der Waals surface area contributed by atoms with Crippen LogP contribution in [0.4, 0.5) is 0 Å². The Morgan fingerprint density at radius 3 is 2.83 bits per heavy atom. The Kier molecular flexibility index (Phi) is 5.20. The van der Waals surface area contributed by atoms with Gasteiger partial charge in [-0.05, 0) is 18.2 Å². The number of carbonyl (C=O) groups is 1. The summed E-state index contributed by atoms with van der Waals surface area (Å²) in [5.41, 5.74) is 0.623. The molecule has 0 saturated heterocycles. The van der Waals surface area contributed by atoms with Crippen LogP contribution in [0.5, 0.6) is 11.5 Å². The van der Waals surface area contributed by atoms with Crippen molar-refractivity contribution in [1.82, 2.24) is 4.90 Å². The van der Waals surface area contributed by atoms with E-state index in [-0.39, 0.29) is 12.3 Å². The minimum absolute atomic E-state index is 0.108. The van der Waals surface area contributed by atoms with Gasteiger partial charge in [-0.15, -0.1) is 6.58 Å². The number of aromatic hydroxyl groups is 1. The molecule has 0 atom stereocenters. The lowest BCUT2D eigenvalue weighted by Crippen LogP contribution is -2.29. The van der Waals surface area contributed by atoms with Gasteiger partial charge in [0.2, 0.25) is 0 Å². The molecule has 2 N–H and O–H groups in total. The van der Waals surface area contributed by atoms with Gasteiger partial charge in [0.15, 0.2) is 0 Å². The molecular formula is C13H17NO4. The van der Waals surface area contributed by atoms with E-state index in [1.54, 1.807) is 23.1 Å². The maximum absolute atomic E-state index is 10.7. The number of rotatable bonds is 7. The molecule has 1 aromatic rings. The third-order valence-corrected chi connectivity index (χ3v) is 2.43. The first kappa shape index (κ1) is 14.1. The SMILES string of the molecule is C=CCN(CC(=O)O)Cc1cc(OC)ccc1O. The van der Waals surface area contributed by atoms with Gasteiger partial charge >= 0.3 is 5.97 Å². The number of carboxylic acids is 1. The van der Waals surface area contributed by atoms with E-state index in [9.17, 15) is 9.90 Å². The number of phenols is 1. The quantitative estimate of drug-likeness (QED) is 0.718. The monoisotopic (exact) mass is 251 g/mol. The van der Waals surface area contributed by atoms with Crippen molar-refractivity contribution in [3.05, 3.63) is 36.4 Å². The molecule has 18 heavy (non-hydrogen) atoms. The normalized spacial score (nSPS) is 10.3. The molecule has 0 aliphatic heterocycles. The summed E-state index contributed by atoms with van der Waals surface area (Å²) in [6.45, 7) is 4.23. The van der Waals surface area contributed by atoms with E-state index in [2.05, 4.69) is 6.58 Å². The number of aliphatic carboxylic acids is 1. The zero-order valence-corrected chi connectivity index (χ0v) is 10.3. The molecule has 0 aliphatic carbocycles. The molecule has 0 spiro atoms. The first-order valence-electron chi connectivity index (χ1n) is 5.47. The molecule has 1 aromatic carbocycles. The van der Waals surface area contributed by atoms with E-state index in [1.807, 2.05) is 0 Å². The molecule has 0 saturated carbocycles. The molecule has 0 fully saturated rings. The number of hydrogen-bond donors (Lipinski definition) is 2. The maximum atomic E-state index is 10.7. The molecular weight excluding hydrogens is 234 g/mol. The van der Waals surface area contributed by atoms with Crippen LogP contribution in [0.15, 0.2) is 30.9 Å². The summed E-state index contributed by atoms with van der Waals surface area (Å²) < 4.78 is 5.07. The molecule has 1 rings (SSSR count). The van der Waals surface area contributed by atoms with Crippen molar-refractivity contribution < 1.29 is 19.7 Å². The fourth-order valence-electron chi connectivity index (χ4n) is 1.62. The van der Waals surface area contributed by atoms with Gasteiger partial charge in [-0.1, -0.05) is 6.08 Å². The van der Waals surface area contributed by atoms with Gasteiger partial charge in [0, 0.05) is 18.7 Å². The second-order valence-electron chi connectivity index (χ2n) is 3.85. The van der Waals surface area contributed by atoms with Gasteiger partial charge in [0.05, 0.1) is 13.7 Å². The van der Waals surface area contributed by atoms with Crippen LogP contribution in [0.3, 0.4) is 0 Å². The fourth-order valence-corrected chi connectivity index (χ4v) is 1.62. The van der Waals surface area contributed by atoms with E-state index in [0.717, 1.165) is 0 Å². The number of ether oxygens (including phenoxy) is 1. The zero-order valence-electron chi connectivity index (χ0n) is 10.3. The minimum atomic E-state index is -0.917. The first-order chi connectivity index (χ1) is 8.56. The van der Waals surface area contributed by atoms with Gasteiger partial charge < -0.3 is 14.9 Å². The van der Waals surface area contributed by atoms with Crippen molar-refractivity contribution in [2.45, 2.75) is 6.54 Å². The molecule has 0 radical (unpaired) electrons. The molecule has 5 nitrogen and oxygen atoms in total. The van der Waals surface area contributed by atoms with Crippen molar-refractivity contribution in [3.8, 4) is 11.5 Å². The Labute approximate surface area is 106 Å². The van der Waals surface area contributed by atoms with Crippen LogP contribution in [-0.2, 0) is 11.3 Å². The second kappa shape index (κ2) is 6.66. The lowest BCUT2D eigenvalue weighted by molar-refractivity contribution is -0.138. The van der Waals surface area contributed by atoms with Crippen molar-refractivity contribution in [2.24, 2.45) is 0 Å². The fraction of sp³-hybridized carbons (Fsp3) is 0.308. The summed E-state index contributed by atoms with van der Waals surface area (Å²) in [6, 6.07) is 4.86. The zero-order chi connectivity index (χ0) is 13.5. The van der Waals surface area contributed by atoms with E-state index < -0.39 is 5.97 Å². The second-order valence-corrected chi connectivity index (χ2v) is 3.85. The van der Waals surface area contributed by atoms with Gasteiger partial charge in [-0.2, -0.15) is 0 Å². The Hall–Kier alpha value is -2.01. The van der Waals surface area contributed by atoms with Crippen LogP contribution >= 0.6 is 0 Å². The Morgan fingerprint density at radius 2 is 2.28 bits per heavy atom. The maximum Gasteiger partial charge on any atom is 0.317 e. The average molecular weight is 251 g/mol. The summed E-state index contributed by atoms with van der Waals surface area (Å²) in [5.74, 6) is -0.175. The lowest BCUT2D eigenvalue weighted by Gasteiger charge is -2.19. The predicted molar refractivity (Wildman–Crippen MR) is 67.8 cm³/mol. The van der Waals surface area contributed by atoms with E-state index in [4.69, 9.17) is 9.84 Å². The number of carboxylic acid groups (broad SMARTS) is 1. The third-order valence-electron chi connectivity index (χ3n) is 2.43. The molecule has 0 heterocycles. The van der Waals surface area contributed by atoms with E-state index >= 15 is 0 Å². The highest BCUT2D eigenvalue weighted by atomic mass is 16.5. The topological polar surface area (TPSA) is 70.0 Å². The minimum Gasteiger partial charge on any atom is -0.508 e. The van der Waals surface area contributed by atoms with Gasteiger partial charge in [0.25, 0.3) is 0 Å². The highest BCUT2D eigenvalue weighted by molar-refractivity contribution is 5.69. The standard InChI is InChI=1S/C13H17NO4/c1-3-6-14(9-13(16)17)8-10-7-11(18-2)4-5-12(10)15/h3-5,7,15H,1,6,8-9H2,2H3,(H,16,17). The summed E-state index contributed by atoms with van der Waals surface area (Å²) in [5, 5.41) is 18.5. The van der Waals surface area contributed by atoms with Crippen LogP contribution in [0.1, 0.15) is 5.56 Å². The third kappa shape index (κ3) is 4.10. The van der Waals surface area contributed by atoms with Gasteiger partial charge in [0.1, 0.15) is 11.5 Å². The van der Waals surface area contributed by atoms with Crippen molar-refractivity contribution in [2.75, 3.05) is 20.2 Å². The number of nitrogens with zero attached hydrogens (tertiary/aromatic N) is 1. The molecule has 0 amide bonds. The van der Waals surface area contributed by atoms with Gasteiger partial charge in [-0.25, -0.2) is 0 Å². The van der Waals surface area contributed by atoms with Crippen LogP contribution in [0, 0.1) is 0 Å². The summed E-state index contributed by atoms with van der Waals surface area (Å²) in [6.07, 6.45) is 1.63. The summed E-state index contributed by atoms with van der Waals surface area (Å²) in [7, 11) is 1.54. The van der Waals surface area contributed by atoms with Crippen LogP contribution in [0.2, 0.25) is 0 Å². The Bertz CT molecular complexity index is 431. The molecule has 98 valence electrons. The van der Waals surface area contributed by atoms with Crippen molar-refractivity contribution >= 4 is 5.97 Å². The van der Waals surface area contributed by atoms with Crippen molar-refractivity contribution in [3.63, 3.8) is 0 Å². The van der Waals surface area contributed by atoms with Crippen LogP contribution < -0.4 is 4.74 Å². The van der Waals surface area contributed by atoms with Gasteiger partial charge in [-0.3, -0.25) is 9.69 Å². The smallest absolute Gasteiger partial charge is 0.317 e. The molecule has 0 aliphatic rings. The Morgan fingerprint density at radius 1 is 1.56 bits per heavy atom. The molecule has 0 bridgehead atoms. The van der Waals surface area contributed by atoms with Crippen LogP contribution in [-0.4, -0.2) is 41.3 Å². The van der Waals surface area contributed by atoms with E-state index in [1.165, 1.54) is 13.2 Å². The van der Waals surface area contributed by atoms with E-state index in [0.29, 0.717) is 24.4 Å². The number of hydrogen-bond acceptors (Lipinski definition) is 4. The predicted octanol–water partition coefficient (Wildman–Crippen LogP) is 1.47. The highest BCUT2D eigenvalue weighted by Crippen LogP contribution is 2.24. The lowest BCUT2D eigenvalue weighted by atomic mass is 10.1. The summed E-state index contributed by atoms with van der Waals surface area (Å²) in [4.78, 5) is 12.4.